The maximum atomic E-state index is 11.4. The van der Waals surface area contributed by atoms with E-state index in [1.807, 2.05) is 0 Å². The van der Waals surface area contributed by atoms with E-state index in [0.717, 1.165) is 63.4 Å². The molecule has 0 amide bonds. The lowest BCUT2D eigenvalue weighted by Crippen LogP contribution is -2.15. The van der Waals surface area contributed by atoms with Crippen LogP contribution in [-0.4, -0.2) is 241 Å². The zero-order valence-corrected chi connectivity index (χ0v) is 66.1. The van der Waals surface area contributed by atoms with Crippen LogP contribution in [0.5, 0.6) is 0 Å². The fraction of sp³-hybridized carbons (Fsp3) is 0.692. The van der Waals surface area contributed by atoms with Crippen LogP contribution >= 0.6 is 223 Å². The number of Topliss-reactive ketones (excluding diaryl/α,β-unsaturated/α-hetero) is 10. The van der Waals surface area contributed by atoms with E-state index >= 15 is 0 Å². The SMILES string of the molecule is C.CC(=O)CSCC(CSCC(C)=O)Sc1nnc(SC(CSCC(C)=O)CSCC(C)=O)s1.CC(=O)CSCC(CSc1nnc(SCC(CSCC(C)=O)SCC(C)=O)s1)SCC(C)=O.CC(=O)CSCC(O)CSCC(C)=O.S=c1[nH][nH]c(=S)s1.[OH-]. The molecule has 18 nitrogen and oxygen atoms in total. The van der Waals surface area contributed by atoms with Crippen LogP contribution in [0.15, 0.2) is 17.4 Å². The molecule has 0 aliphatic heterocycles. The normalized spacial score (nSPS) is 11.4. The molecule has 3 heterocycles. The predicted molar refractivity (Wildman–Crippen MR) is 408 cm³/mol. The van der Waals surface area contributed by atoms with E-state index in [4.69, 9.17) is 24.4 Å². The summed E-state index contributed by atoms with van der Waals surface area (Å²) < 4.78 is 4.93. The van der Waals surface area contributed by atoms with E-state index in [2.05, 4.69) is 30.6 Å². The Labute approximate surface area is 607 Å². The second kappa shape index (κ2) is 59.9. The van der Waals surface area contributed by atoms with Gasteiger partial charge in [-0.25, -0.2) is 0 Å². The lowest BCUT2D eigenvalue weighted by atomic mass is 10.5. The molecule has 0 aromatic carbocycles. The minimum Gasteiger partial charge on any atom is -0.870 e. The Morgan fingerprint density at radius 1 is 0.360 bits per heavy atom. The molecule has 0 saturated carbocycles. The zero-order valence-electron chi connectivity index (χ0n) is 50.6. The number of carbonyl (C=O) groups excluding carboxylic acids is 10. The summed E-state index contributed by atoms with van der Waals surface area (Å²) in [5.74, 6) is 13.9. The van der Waals surface area contributed by atoms with E-state index in [9.17, 15) is 53.1 Å². The first-order valence-corrected chi connectivity index (χ1v) is 44.5. The number of nitrogens with one attached hydrogen (secondary N) is 2. The predicted octanol–water partition coefficient (Wildman–Crippen LogP) is 12.8. The third-order valence-corrected chi connectivity index (χ3v) is 31.2. The van der Waals surface area contributed by atoms with Gasteiger partial charge in [0, 0.05) is 78.5 Å². The van der Waals surface area contributed by atoms with Crippen molar-refractivity contribution in [1.82, 2.24) is 30.6 Å². The average molecular weight is 1590 g/mol. The van der Waals surface area contributed by atoms with Crippen molar-refractivity contribution in [3.63, 3.8) is 0 Å². The summed E-state index contributed by atoms with van der Waals surface area (Å²) in [7, 11) is 0. The first-order chi connectivity index (χ1) is 41.1. The van der Waals surface area contributed by atoms with Gasteiger partial charge in [0.05, 0.1) is 63.6 Å². The molecule has 0 spiro atoms. The molecule has 89 heavy (non-hydrogen) atoms. The summed E-state index contributed by atoms with van der Waals surface area (Å²) in [5, 5.41) is 33.0. The highest BCUT2D eigenvalue weighted by molar-refractivity contribution is 8.09. The number of hydrogen-bond acceptors (Lipinski definition) is 35. The molecule has 3 aromatic heterocycles. The van der Waals surface area contributed by atoms with E-state index < -0.39 is 6.10 Å². The van der Waals surface area contributed by atoms with Crippen LogP contribution < -0.4 is 0 Å². The van der Waals surface area contributed by atoms with Gasteiger partial charge in [0.2, 0.25) is 0 Å². The van der Waals surface area contributed by atoms with Gasteiger partial charge in [-0.1, -0.05) is 88.5 Å². The lowest BCUT2D eigenvalue weighted by molar-refractivity contribution is -0.115. The van der Waals surface area contributed by atoms with Crippen LogP contribution in [0.25, 0.3) is 0 Å². The van der Waals surface area contributed by atoms with Crippen molar-refractivity contribution in [3.8, 4) is 0 Å². The van der Waals surface area contributed by atoms with Gasteiger partial charge in [0.25, 0.3) is 0 Å². The minimum absolute atomic E-state index is 0. The minimum atomic E-state index is -0.427. The monoisotopic (exact) mass is 1590 g/mol. The maximum absolute atomic E-state index is 11.4. The third kappa shape index (κ3) is 61.9. The number of H-pyrrole nitrogens is 2. The van der Waals surface area contributed by atoms with Gasteiger partial charge in [0.1, 0.15) is 57.8 Å². The Balaban J connectivity index is -0.00000124. The van der Waals surface area contributed by atoms with Crippen molar-refractivity contribution >= 4 is 281 Å². The molecule has 4 N–H and O–H groups in total. The molecule has 2 atom stereocenters. The molecule has 0 aliphatic rings. The molecule has 3 rings (SSSR count). The molecule has 3 aromatic rings. The first kappa shape index (κ1) is 93.8. The second-order valence-electron chi connectivity index (χ2n) is 18.4. The quantitative estimate of drug-likeness (QED) is 0.0349. The largest absolute Gasteiger partial charge is 0.870 e. The van der Waals surface area contributed by atoms with Crippen molar-refractivity contribution in [2.24, 2.45) is 0 Å². The van der Waals surface area contributed by atoms with Gasteiger partial charge in [-0.2, -0.15) is 94.1 Å². The zero-order chi connectivity index (χ0) is 65.5. The van der Waals surface area contributed by atoms with Gasteiger partial charge in [0.15, 0.2) is 25.3 Å². The van der Waals surface area contributed by atoms with Gasteiger partial charge in [-0.15, -0.1) is 43.9 Å². The summed E-state index contributed by atoms with van der Waals surface area (Å²) in [6, 6.07) is 0. The molecule has 0 aliphatic carbocycles. The van der Waals surface area contributed by atoms with Crippen LogP contribution in [0.2, 0.25) is 0 Å². The first-order valence-electron chi connectivity index (χ1n) is 26.1. The number of thioether (sulfide) groups is 14. The van der Waals surface area contributed by atoms with Crippen LogP contribution in [0, 0.1) is 7.91 Å². The van der Waals surface area contributed by atoms with Crippen LogP contribution in [-0.2, 0) is 47.9 Å². The van der Waals surface area contributed by atoms with Crippen molar-refractivity contribution in [3.05, 3.63) is 7.91 Å². The molecule has 2 unspecified atom stereocenters. The Hall–Kier alpha value is 0.640. The van der Waals surface area contributed by atoms with Crippen molar-refractivity contribution in [2.45, 2.75) is 121 Å². The van der Waals surface area contributed by atoms with Crippen LogP contribution in [0.1, 0.15) is 76.7 Å². The molecule has 0 saturated heterocycles. The van der Waals surface area contributed by atoms with Crippen molar-refractivity contribution in [2.75, 3.05) is 115 Å². The molecule has 508 valence electrons. The highest BCUT2D eigenvalue weighted by Gasteiger charge is 2.21. The van der Waals surface area contributed by atoms with E-state index in [1.165, 1.54) is 48.7 Å². The summed E-state index contributed by atoms with van der Waals surface area (Å²) in [5.41, 5.74) is 0. The lowest BCUT2D eigenvalue weighted by Gasteiger charge is -2.14. The molecule has 0 bridgehead atoms. The number of aromatic amines is 2. The van der Waals surface area contributed by atoms with E-state index in [-0.39, 0.29) is 91.7 Å². The van der Waals surface area contributed by atoms with Gasteiger partial charge in [-0.3, -0.25) is 58.1 Å². The van der Waals surface area contributed by atoms with Crippen molar-refractivity contribution < 1.29 is 58.5 Å². The van der Waals surface area contributed by atoms with Crippen LogP contribution in [0.3, 0.4) is 0 Å². The molecular formula is C52H83N6O12S19-. The smallest absolute Gasteiger partial charge is 0.175 e. The number of hydrogen-bond donors (Lipinski definition) is 3. The number of carbonyl (C=O) groups is 10. The highest BCUT2D eigenvalue weighted by atomic mass is 32.2. The van der Waals surface area contributed by atoms with E-state index in [0.29, 0.717) is 76.9 Å². The number of aliphatic hydroxyl groups is 1. The fourth-order valence-corrected chi connectivity index (χ4v) is 24.9. The Bertz CT molecular complexity index is 2430. The second-order valence-corrected chi connectivity index (χ2v) is 39.1. The topological polar surface area (TPSA) is 304 Å². The average Bonchev–Trinajstić information content (AvgIpc) is 4.39. The fourth-order valence-electron chi connectivity index (χ4n) is 5.18. The maximum Gasteiger partial charge on any atom is 0.175 e. The highest BCUT2D eigenvalue weighted by Crippen LogP contribution is 2.37. The Morgan fingerprint density at radius 3 is 0.820 bits per heavy atom. The standard InChI is InChI=1S/2C20H30N2O4S7.C9H16O3S2.C2H2N2S3.CH4.H2O/c1-13(23)5-27-9-17(29-7-15(3)25)11-31-19-21-22-20(33-19)32-12-18(30-8-16(4)26)10-28-6-14(2)24;1-13(23)5-27-9-17(10-28-6-14(2)24)31-19-21-22-20(33-19)32-18(11-29-7-15(3)25)12-30-8-16(4)26;1-7(10)3-13-5-9(12)6-14-4-8(2)11;5-1-3-4-2(6)7-1;;/h2*17-18H,5-12H2,1-4H3;9,12H,3-6H2,1-2H3;(H,3,5)(H,4,6);1H4;1H2/p-1. The Kier molecular flexibility index (Phi) is 63.1. The molecule has 0 radical (unpaired) electrons. The summed E-state index contributed by atoms with van der Waals surface area (Å²) in [4.78, 5) is 111. The summed E-state index contributed by atoms with van der Waals surface area (Å²) >= 11 is 36.2. The molecular weight excluding hydrogens is 1510 g/mol. The number of rotatable bonds is 48. The number of nitrogens with zero attached hydrogens (tertiary/aromatic N) is 4. The number of ketones is 10. The number of aromatic nitrogens is 6. The Morgan fingerprint density at radius 2 is 0.584 bits per heavy atom. The van der Waals surface area contributed by atoms with Gasteiger partial charge < -0.3 is 10.6 Å². The van der Waals surface area contributed by atoms with Gasteiger partial charge in [-0.05, 0) is 93.7 Å². The number of aliphatic hydroxyl groups excluding tert-OH is 1. The molecule has 37 heteroatoms. The van der Waals surface area contributed by atoms with Crippen molar-refractivity contribution in [1.29, 1.82) is 0 Å². The van der Waals surface area contributed by atoms with Gasteiger partial charge >= 0.3 is 0 Å². The molecule has 0 fully saturated rings. The summed E-state index contributed by atoms with van der Waals surface area (Å²) in [6.45, 7) is 15.8. The van der Waals surface area contributed by atoms with Crippen LogP contribution in [0.4, 0.5) is 0 Å². The summed E-state index contributed by atoms with van der Waals surface area (Å²) in [6.07, 6.45) is -0.427. The third-order valence-electron chi connectivity index (χ3n) is 8.48. The van der Waals surface area contributed by atoms with E-state index in [1.54, 1.807) is 219 Å².